The lowest BCUT2D eigenvalue weighted by Crippen LogP contribution is -2.28. The van der Waals surface area contributed by atoms with Crippen molar-refractivity contribution in [2.24, 2.45) is 0 Å². The number of benzene rings is 2. The highest BCUT2D eigenvalue weighted by Crippen LogP contribution is 2.48. The summed E-state index contributed by atoms with van der Waals surface area (Å²) >= 11 is 1.38. The van der Waals surface area contributed by atoms with E-state index in [9.17, 15) is 14.9 Å². The summed E-state index contributed by atoms with van der Waals surface area (Å²) in [4.78, 5) is 25.1. The van der Waals surface area contributed by atoms with E-state index in [0.717, 1.165) is 0 Å². The molecule has 1 atom stereocenters. The lowest BCUT2D eigenvalue weighted by atomic mass is 10.1. The standard InChI is InChI=1S/C19H20N2O7S/c1-25-14-6-5-11(7-13(14)21(23)24)19-20(17(22)10-29-19)12-8-15(26-2)18(28-4)16(9-12)27-3/h5-9,19H,10H2,1-4H3. The van der Waals surface area contributed by atoms with Gasteiger partial charge in [0.1, 0.15) is 5.37 Å². The Balaban J connectivity index is 2.09. The Labute approximate surface area is 171 Å². The van der Waals surface area contributed by atoms with E-state index in [2.05, 4.69) is 0 Å². The minimum Gasteiger partial charge on any atom is -0.493 e. The fourth-order valence-corrected chi connectivity index (χ4v) is 4.33. The zero-order valence-corrected chi connectivity index (χ0v) is 17.1. The topological polar surface area (TPSA) is 100 Å². The van der Waals surface area contributed by atoms with Gasteiger partial charge in [0.25, 0.3) is 0 Å². The molecule has 0 N–H and O–H groups in total. The lowest BCUT2D eigenvalue weighted by Gasteiger charge is -2.26. The zero-order valence-electron chi connectivity index (χ0n) is 16.3. The van der Waals surface area contributed by atoms with Crippen molar-refractivity contribution in [2.75, 3.05) is 39.1 Å². The van der Waals surface area contributed by atoms with E-state index in [4.69, 9.17) is 18.9 Å². The van der Waals surface area contributed by atoms with Gasteiger partial charge in [-0.05, 0) is 11.6 Å². The average Bonchev–Trinajstić information content (AvgIpc) is 3.13. The first-order valence-corrected chi connectivity index (χ1v) is 9.56. The molecular formula is C19H20N2O7S. The first-order valence-electron chi connectivity index (χ1n) is 8.51. The molecule has 0 aromatic heterocycles. The number of carbonyl (C=O) groups excluding carboxylic acids is 1. The first-order chi connectivity index (χ1) is 13.9. The second-order valence-electron chi connectivity index (χ2n) is 6.00. The number of hydrogen-bond acceptors (Lipinski definition) is 8. The SMILES string of the molecule is COc1ccc(C2SCC(=O)N2c2cc(OC)c(OC)c(OC)c2)cc1[N+](=O)[O-]. The van der Waals surface area contributed by atoms with Gasteiger partial charge in [0.2, 0.25) is 11.7 Å². The molecule has 154 valence electrons. The minimum atomic E-state index is -0.506. The van der Waals surface area contributed by atoms with Crippen molar-refractivity contribution >= 4 is 29.0 Å². The van der Waals surface area contributed by atoms with Crippen LogP contribution in [-0.4, -0.2) is 45.0 Å². The Hall–Kier alpha value is -3.14. The van der Waals surface area contributed by atoms with Gasteiger partial charge in [0, 0.05) is 18.2 Å². The van der Waals surface area contributed by atoms with Crippen LogP contribution >= 0.6 is 11.8 Å². The van der Waals surface area contributed by atoms with Gasteiger partial charge in [0.05, 0.1) is 44.8 Å². The Morgan fingerprint density at radius 1 is 1.00 bits per heavy atom. The summed E-state index contributed by atoms with van der Waals surface area (Å²) in [5.41, 5.74) is 0.995. The molecule has 0 aliphatic carbocycles. The van der Waals surface area contributed by atoms with Crippen LogP contribution in [-0.2, 0) is 4.79 Å². The summed E-state index contributed by atoms with van der Waals surface area (Å²) in [6.07, 6.45) is 0. The highest BCUT2D eigenvalue weighted by atomic mass is 32.2. The molecule has 1 aliphatic rings. The number of hydrogen-bond donors (Lipinski definition) is 0. The maximum atomic E-state index is 12.7. The number of rotatable bonds is 7. The lowest BCUT2D eigenvalue weighted by molar-refractivity contribution is -0.385. The summed E-state index contributed by atoms with van der Waals surface area (Å²) in [6, 6.07) is 8.03. The van der Waals surface area contributed by atoms with Gasteiger partial charge < -0.3 is 18.9 Å². The second kappa shape index (κ2) is 8.48. The molecule has 1 unspecified atom stereocenters. The van der Waals surface area contributed by atoms with Crippen LogP contribution < -0.4 is 23.8 Å². The molecule has 1 amide bonds. The molecule has 1 fully saturated rings. The summed E-state index contributed by atoms with van der Waals surface area (Å²) in [5, 5.41) is 10.9. The van der Waals surface area contributed by atoms with Gasteiger partial charge in [-0.15, -0.1) is 11.8 Å². The summed E-state index contributed by atoms with van der Waals surface area (Å²) < 4.78 is 21.2. The number of anilines is 1. The number of nitrogens with zero attached hydrogens (tertiary/aromatic N) is 2. The number of amides is 1. The van der Waals surface area contributed by atoms with Gasteiger partial charge in [-0.2, -0.15) is 0 Å². The van der Waals surface area contributed by atoms with Crippen LogP contribution in [0.2, 0.25) is 0 Å². The van der Waals surface area contributed by atoms with E-state index >= 15 is 0 Å². The van der Waals surface area contributed by atoms with Crippen LogP contribution in [0.1, 0.15) is 10.9 Å². The summed E-state index contributed by atoms with van der Waals surface area (Å²) in [6.45, 7) is 0. The van der Waals surface area contributed by atoms with Crippen molar-refractivity contribution in [3.63, 3.8) is 0 Å². The van der Waals surface area contributed by atoms with Crippen LogP contribution in [0.15, 0.2) is 30.3 Å². The molecule has 1 aliphatic heterocycles. The van der Waals surface area contributed by atoms with E-state index in [0.29, 0.717) is 28.5 Å². The van der Waals surface area contributed by atoms with Crippen LogP contribution in [0.25, 0.3) is 0 Å². The monoisotopic (exact) mass is 420 g/mol. The predicted molar refractivity (Wildman–Crippen MR) is 108 cm³/mol. The molecule has 29 heavy (non-hydrogen) atoms. The van der Waals surface area contributed by atoms with Crippen molar-refractivity contribution in [2.45, 2.75) is 5.37 Å². The van der Waals surface area contributed by atoms with Crippen molar-refractivity contribution < 1.29 is 28.7 Å². The molecule has 2 aromatic rings. The summed E-state index contributed by atoms with van der Waals surface area (Å²) in [5.74, 6) is 1.49. The van der Waals surface area contributed by atoms with Gasteiger partial charge in [0.15, 0.2) is 17.2 Å². The molecule has 1 heterocycles. The van der Waals surface area contributed by atoms with Gasteiger partial charge in [-0.3, -0.25) is 19.8 Å². The van der Waals surface area contributed by atoms with Crippen molar-refractivity contribution in [1.29, 1.82) is 0 Å². The first kappa shape index (κ1) is 20.6. The molecule has 0 spiro atoms. The number of nitro groups is 1. The van der Waals surface area contributed by atoms with E-state index in [1.165, 1.54) is 52.3 Å². The van der Waals surface area contributed by atoms with E-state index in [1.54, 1.807) is 23.1 Å². The highest BCUT2D eigenvalue weighted by Gasteiger charge is 2.36. The Kier molecular flexibility index (Phi) is 6.02. The number of nitro benzene ring substituents is 1. The molecule has 10 heteroatoms. The predicted octanol–water partition coefficient (Wildman–Crippen LogP) is 3.41. The maximum Gasteiger partial charge on any atom is 0.311 e. The molecule has 0 saturated carbocycles. The third-order valence-electron chi connectivity index (χ3n) is 4.48. The molecule has 9 nitrogen and oxygen atoms in total. The highest BCUT2D eigenvalue weighted by molar-refractivity contribution is 8.00. The van der Waals surface area contributed by atoms with E-state index in [1.807, 2.05) is 0 Å². The van der Waals surface area contributed by atoms with Gasteiger partial charge >= 0.3 is 5.69 Å². The van der Waals surface area contributed by atoms with Gasteiger partial charge in [-0.1, -0.05) is 6.07 Å². The number of carbonyl (C=O) groups is 1. The average molecular weight is 420 g/mol. The molecule has 0 radical (unpaired) electrons. The third-order valence-corrected chi connectivity index (χ3v) is 5.69. The minimum absolute atomic E-state index is 0.132. The molecule has 3 rings (SSSR count). The van der Waals surface area contributed by atoms with E-state index < -0.39 is 10.3 Å². The quantitative estimate of drug-likeness (QED) is 0.496. The number of ether oxygens (including phenoxy) is 4. The molecule has 0 bridgehead atoms. The largest absolute Gasteiger partial charge is 0.493 e. The summed E-state index contributed by atoms with van der Waals surface area (Å²) in [7, 11) is 5.85. The van der Waals surface area contributed by atoms with Crippen molar-refractivity contribution in [3.05, 3.63) is 46.0 Å². The fourth-order valence-electron chi connectivity index (χ4n) is 3.16. The van der Waals surface area contributed by atoms with E-state index in [-0.39, 0.29) is 23.1 Å². The van der Waals surface area contributed by atoms with Crippen LogP contribution in [0, 0.1) is 10.1 Å². The van der Waals surface area contributed by atoms with Crippen LogP contribution in [0.3, 0.4) is 0 Å². The molecule has 1 saturated heterocycles. The second-order valence-corrected chi connectivity index (χ2v) is 7.07. The molecule has 2 aromatic carbocycles. The fraction of sp³-hybridized carbons (Fsp3) is 0.316. The zero-order chi connectivity index (χ0) is 21.1. The Morgan fingerprint density at radius 2 is 1.62 bits per heavy atom. The third kappa shape index (κ3) is 3.75. The van der Waals surface area contributed by atoms with Crippen molar-refractivity contribution in [3.8, 4) is 23.0 Å². The smallest absolute Gasteiger partial charge is 0.311 e. The van der Waals surface area contributed by atoms with Crippen LogP contribution in [0.4, 0.5) is 11.4 Å². The Bertz CT molecular complexity index is 925. The number of methoxy groups -OCH3 is 4. The van der Waals surface area contributed by atoms with Crippen LogP contribution in [0.5, 0.6) is 23.0 Å². The normalized spacial score (nSPS) is 15.9. The molecular weight excluding hydrogens is 400 g/mol. The van der Waals surface area contributed by atoms with Gasteiger partial charge in [-0.25, -0.2) is 0 Å². The number of thioether (sulfide) groups is 1. The maximum absolute atomic E-state index is 12.7. The Morgan fingerprint density at radius 3 is 2.14 bits per heavy atom. The van der Waals surface area contributed by atoms with Crippen molar-refractivity contribution in [1.82, 2.24) is 0 Å².